The van der Waals surface area contributed by atoms with Crippen molar-refractivity contribution in [1.82, 2.24) is 0 Å². The van der Waals surface area contributed by atoms with E-state index in [2.05, 4.69) is 0 Å². The molecule has 0 saturated carbocycles. The van der Waals surface area contributed by atoms with Crippen molar-refractivity contribution in [2.24, 2.45) is 0 Å². The third kappa shape index (κ3) is 6.30. The van der Waals surface area contributed by atoms with Crippen molar-refractivity contribution < 1.29 is 58.6 Å². The zero-order valence-electron chi connectivity index (χ0n) is 21.3. The molecule has 220 valence electrons. The number of nitrogens with zero attached hydrogens (tertiary/aromatic N) is 1. The van der Waals surface area contributed by atoms with E-state index in [9.17, 15) is 49.1 Å². The van der Waals surface area contributed by atoms with E-state index in [0.717, 1.165) is 18.1 Å². The zero-order chi connectivity index (χ0) is 30.2. The van der Waals surface area contributed by atoms with Crippen LogP contribution in [0.5, 0.6) is 0 Å². The van der Waals surface area contributed by atoms with Crippen molar-refractivity contribution >= 4 is 17.7 Å². The summed E-state index contributed by atoms with van der Waals surface area (Å²) in [5, 5.41) is 0. The Hall–Kier alpha value is -3.45. The van der Waals surface area contributed by atoms with Crippen molar-refractivity contribution in [2.75, 3.05) is 18.6 Å². The smallest absolute Gasteiger partial charge is 0.416 e. The fraction of sp³-hybridized carbons (Fsp3) is 0.462. The molecule has 0 saturated heterocycles. The summed E-state index contributed by atoms with van der Waals surface area (Å²) in [5.41, 5.74) is -5.75. The van der Waals surface area contributed by atoms with Gasteiger partial charge < -0.3 is 9.47 Å². The molecule has 0 aliphatic carbocycles. The number of alkyl halides is 9. The van der Waals surface area contributed by atoms with Crippen molar-refractivity contribution in [3.63, 3.8) is 0 Å². The van der Waals surface area contributed by atoms with E-state index in [4.69, 9.17) is 9.47 Å². The van der Waals surface area contributed by atoms with Gasteiger partial charge in [-0.3, -0.25) is 9.69 Å². The van der Waals surface area contributed by atoms with Crippen molar-refractivity contribution in [3.8, 4) is 0 Å². The molecule has 1 aliphatic heterocycles. The van der Waals surface area contributed by atoms with Crippen LogP contribution in [0, 0.1) is 0 Å². The number of ether oxygens (including phenoxy) is 2. The molecule has 0 unspecified atom stereocenters. The molecule has 40 heavy (non-hydrogen) atoms. The molecule has 3 atom stereocenters. The predicted octanol–water partition coefficient (Wildman–Crippen LogP) is 7.93. The number of carbonyl (C=O) groups excluding carboxylic acids is 2. The summed E-state index contributed by atoms with van der Waals surface area (Å²) < 4.78 is 132. The van der Waals surface area contributed by atoms with Crippen LogP contribution in [-0.2, 0) is 32.8 Å². The minimum absolute atomic E-state index is 0.0829. The number of anilines is 1. The molecule has 5 nitrogen and oxygen atoms in total. The van der Waals surface area contributed by atoms with Crippen LogP contribution in [0.4, 0.5) is 50.0 Å². The highest BCUT2D eigenvalue weighted by atomic mass is 19.4. The summed E-state index contributed by atoms with van der Waals surface area (Å²) >= 11 is 0. The predicted molar refractivity (Wildman–Crippen MR) is 124 cm³/mol. The lowest BCUT2D eigenvalue weighted by Gasteiger charge is -2.42. The Kier molecular flexibility index (Phi) is 8.70. The highest BCUT2D eigenvalue weighted by molar-refractivity contribution is 5.91. The van der Waals surface area contributed by atoms with Crippen LogP contribution in [0.1, 0.15) is 66.3 Å². The van der Waals surface area contributed by atoms with Gasteiger partial charge in [0.05, 0.1) is 42.0 Å². The molecule has 0 N–H and O–H groups in total. The molecular formula is C26H24F9NO4. The number of hydrogen-bond donors (Lipinski definition) is 0. The van der Waals surface area contributed by atoms with Gasteiger partial charge in [0, 0.05) is 12.0 Å². The Labute approximate surface area is 222 Å². The second kappa shape index (κ2) is 11.2. The molecule has 1 aliphatic rings. The molecule has 1 amide bonds. The van der Waals surface area contributed by atoms with E-state index in [-0.39, 0.29) is 36.8 Å². The molecule has 2 aromatic rings. The summed E-state index contributed by atoms with van der Waals surface area (Å²) in [5.74, 6) is -4.54. The van der Waals surface area contributed by atoms with Gasteiger partial charge in [-0.15, -0.1) is 0 Å². The standard InChI is InChI=1S/C26H24F9NO4/c1-4-17-12-19(18-11-14(24(27,28)29)6-7-20(18)36(17)23(38)40-5-2)21(22(37)39-3)13-8-15(25(30,31)32)10-16(9-13)26(33,34)35/h6-11,17,19,21H,4-5,12H2,1-3H3/t17-,19+,21-/m0/s1. The number of methoxy groups -OCH3 is 1. The quantitative estimate of drug-likeness (QED) is 0.264. The van der Waals surface area contributed by atoms with Crippen LogP contribution in [0.15, 0.2) is 36.4 Å². The highest BCUT2D eigenvalue weighted by Crippen LogP contribution is 2.50. The van der Waals surface area contributed by atoms with E-state index in [1.54, 1.807) is 6.92 Å². The first-order valence-electron chi connectivity index (χ1n) is 12.0. The van der Waals surface area contributed by atoms with Crippen LogP contribution in [0.2, 0.25) is 0 Å². The molecule has 0 bridgehead atoms. The number of esters is 1. The molecule has 1 heterocycles. The van der Waals surface area contributed by atoms with E-state index in [1.807, 2.05) is 0 Å². The largest absolute Gasteiger partial charge is 0.469 e. The van der Waals surface area contributed by atoms with Gasteiger partial charge in [-0.25, -0.2) is 4.79 Å². The number of amides is 1. The molecule has 2 aromatic carbocycles. The lowest BCUT2D eigenvalue weighted by Crippen LogP contribution is -2.46. The average molecular weight is 585 g/mol. The van der Waals surface area contributed by atoms with Crippen LogP contribution >= 0.6 is 0 Å². The number of rotatable bonds is 5. The number of hydrogen-bond acceptors (Lipinski definition) is 4. The molecular weight excluding hydrogens is 561 g/mol. The van der Waals surface area contributed by atoms with Crippen LogP contribution in [-0.4, -0.2) is 31.8 Å². The lowest BCUT2D eigenvalue weighted by atomic mass is 9.73. The van der Waals surface area contributed by atoms with Crippen LogP contribution in [0.3, 0.4) is 0 Å². The Balaban J connectivity index is 2.36. The summed E-state index contributed by atoms with van der Waals surface area (Å²) in [6, 6.07) is 2.03. The monoisotopic (exact) mass is 585 g/mol. The van der Waals surface area contributed by atoms with Gasteiger partial charge in [-0.2, -0.15) is 39.5 Å². The summed E-state index contributed by atoms with van der Waals surface area (Å²) in [6.07, 6.45) is -16.4. The maximum absolute atomic E-state index is 13.7. The van der Waals surface area contributed by atoms with Gasteiger partial charge in [0.25, 0.3) is 0 Å². The van der Waals surface area contributed by atoms with Gasteiger partial charge in [-0.1, -0.05) is 6.92 Å². The highest BCUT2D eigenvalue weighted by Gasteiger charge is 2.46. The van der Waals surface area contributed by atoms with Crippen molar-refractivity contribution in [1.29, 1.82) is 0 Å². The molecule has 0 aromatic heterocycles. The Morgan fingerprint density at radius 1 is 0.875 bits per heavy atom. The Bertz CT molecular complexity index is 1220. The number of fused-ring (bicyclic) bond motifs is 1. The van der Waals surface area contributed by atoms with Gasteiger partial charge in [-0.05, 0) is 67.3 Å². The fourth-order valence-electron chi connectivity index (χ4n) is 4.89. The lowest BCUT2D eigenvalue weighted by molar-refractivity contribution is -0.146. The maximum Gasteiger partial charge on any atom is 0.416 e. The van der Waals surface area contributed by atoms with Crippen molar-refractivity contribution in [3.05, 3.63) is 64.2 Å². The third-order valence-electron chi connectivity index (χ3n) is 6.67. The third-order valence-corrected chi connectivity index (χ3v) is 6.67. The number of benzene rings is 2. The zero-order valence-corrected chi connectivity index (χ0v) is 21.3. The van der Waals surface area contributed by atoms with Gasteiger partial charge in [0.15, 0.2) is 0 Å². The second-order valence-electron chi connectivity index (χ2n) is 9.08. The van der Waals surface area contributed by atoms with E-state index < -0.39 is 70.7 Å². The van der Waals surface area contributed by atoms with Crippen molar-refractivity contribution in [2.45, 2.75) is 63.1 Å². The summed E-state index contributed by atoms with van der Waals surface area (Å²) in [6.45, 7) is 3.03. The number of carbonyl (C=O) groups is 2. The SMILES string of the molecule is CCOC(=O)N1c2ccc(C(F)(F)F)cc2[C@H]([C@@H](C(=O)OC)c2cc(C(F)(F)F)cc(C(F)(F)F)c2)C[C@@H]1CC. The minimum atomic E-state index is -5.24. The first kappa shape index (κ1) is 31.1. The maximum atomic E-state index is 13.7. The number of halogens is 9. The van der Waals surface area contributed by atoms with Crippen LogP contribution in [0.25, 0.3) is 0 Å². The average Bonchev–Trinajstić information content (AvgIpc) is 2.86. The van der Waals surface area contributed by atoms with Gasteiger partial charge in [0.1, 0.15) is 0 Å². The molecule has 0 fully saturated rings. The Morgan fingerprint density at radius 3 is 1.88 bits per heavy atom. The fourth-order valence-corrected chi connectivity index (χ4v) is 4.89. The van der Waals surface area contributed by atoms with E-state index >= 15 is 0 Å². The Morgan fingerprint density at radius 2 is 1.43 bits per heavy atom. The first-order chi connectivity index (χ1) is 18.4. The molecule has 3 rings (SSSR count). The molecule has 0 radical (unpaired) electrons. The second-order valence-corrected chi connectivity index (χ2v) is 9.08. The van der Waals surface area contributed by atoms with E-state index in [1.165, 1.54) is 6.92 Å². The topological polar surface area (TPSA) is 55.8 Å². The van der Waals surface area contributed by atoms with E-state index in [0.29, 0.717) is 24.3 Å². The van der Waals surface area contributed by atoms with Crippen LogP contribution < -0.4 is 4.90 Å². The molecule has 14 heteroatoms. The summed E-state index contributed by atoms with van der Waals surface area (Å²) in [7, 11) is 0.853. The van der Waals surface area contributed by atoms with Gasteiger partial charge in [0.2, 0.25) is 0 Å². The minimum Gasteiger partial charge on any atom is -0.469 e. The molecule has 0 spiro atoms. The normalized spacial score (nSPS) is 18.6. The first-order valence-corrected chi connectivity index (χ1v) is 12.0. The summed E-state index contributed by atoms with van der Waals surface area (Å²) in [4.78, 5) is 26.9. The van der Waals surface area contributed by atoms with Gasteiger partial charge >= 0.3 is 30.6 Å².